The molecule has 2 heterocycles. The maximum atomic E-state index is 13.2. The Hall–Kier alpha value is -3.06. The molecule has 0 saturated heterocycles. The lowest BCUT2D eigenvalue weighted by Crippen LogP contribution is -2.22. The molecular weight excluding hydrogens is 382 g/mol. The summed E-state index contributed by atoms with van der Waals surface area (Å²) in [5, 5.41) is 3.56. The number of hydrogen-bond acceptors (Lipinski definition) is 4. The van der Waals surface area contributed by atoms with Gasteiger partial charge in [-0.05, 0) is 48.4 Å². The third kappa shape index (κ3) is 4.09. The number of nitrogens with zero attached hydrogens (tertiary/aromatic N) is 1. The van der Waals surface area contributed by atoms with Crippen molar-refractivity contribution in [3.8, 4) is 10.8 Å². The van der Waals surface area contributed by atoms with Crippen LogP contribution in [0, 0.1) is 11.6 Å². The molecule has 4 aromatic rings. The minimum atomic E-state index is -0.907. The highest BCUT2D eigenvalue weighted by Crippen LogP contribution is 2.31. The van der Waals surface area contributed by atoms with Crippen molar-refractivity contribution < 1.29 is 18.0 Å². The van der Waals surface area contributed by atoms with Crippen LogP contribution in [-0.4, -0.2) is 10.9 Å². The van der Waals surface area contributed by atoms with Gasteiger partial charge in [0, 0.05) is 6.42 Å². The van der Waals surface area contributed by atoms with Gasteiger partial charge in [-0.1, -0.05) is 18.2 Å². The van der Waals surface area contributed by atoms with Gasteiger partial charge in [-0.25, -0.2) is 13.8 Å². The number of fused-ring (bicyclic) bond motifs is 1. The monoisotopic (exact) mass is 398 g/mol. The lowest BCUT2D eigenvalue weighted by molar-refractivity contribution is -0.121. The zero-order valence-electron chi connectivity index (χ0n) is 14.7. The molecular formula is C21H16F2N2O2S. The Morgan fingerprint density at radius 2 is 1.93 bits per heavy atom. The van der Waals surface area contributed by atoms with Gasteiger partial charge < -0.3 is 9.73 Å². The average Bonchev–Trinajstić information content (AvgIpc) is 3.33. The number of thiazole rings is 1. The van der Waals surface area contributed by atoms with Crippen molar-refractivity contribution in [2.45, 2.75) is 19.4 Å². The Kier molecular flexibility index (Phi) is 5.16. The first-order valence-corrected chi connectivity index (χ1v) is 9.55. The molecule has 0 spiro atoms. The topological polar surface area (TPSA) is 55.1 Å². The molecule has 1 amide bonds. The minimum Gasteiger partial charge on any atom is -0.457 e. The van der Waals surface area contributed by atoms with E-state index in [1.54, 1.807) is 17.4 Å². The number of halogens is 2. The van der Waals surface area contributed by atoms with Gasteiger partial charge >= 0.3 is 0 Å². The molecule has 142 valence electrons. The Morgan fingerprint density at radius 3 is 2.75 bits per heavy atom. The first-order valence-electron chi connectivity index (χ1n) is 8.74. The van der Waals surface area contributed by atoms with Crippen LogP contribution in [0.5, 0.6) is 0 Å². The summed E-state index contributed by atoms with van der Waals surface area (Å²) >= 11 is 1.55. The lowest BCUT2D eigenvalue weighted by Gasteiger charge is -2.04. The third-order valence-electron chi connectivity index (χ3n) is 4.25. The van der Waals surface area contributed by atoms with Crippen LogP contribution >= 0.6 is 11.3 Å². The molecule has 0 fully saturated rings. The first kappa shape index (κ1) is 18.3. The van der Waals surface area contributed by atoms with Gasteiger partial charge in [0.05, 0.1) is 16.8 Å². The largest absolute Gasteiger partial charge is 0.457 e. The van der Waals surface area contributed by atoms with E-state index in [4.69, 9.17) is 4.42 Å². The average molecular weight is 398 g/mol. The highest BCUT2D eigenvalue weighted by atomic mass is 32.1. The number of carbonyl (C=O) groups is 1. The number of aryl methyl sites for hydroxylation is 1. The quantitative estimate of drug-likeness (QED) is 0.493. The number of carbonyl (C=O) groups excluding carboxylic acids is 1. The van der Waals surface area contributed by atoms with Crippen molar-refractivity contribution in [2.24, 2.45) is 0 Å². The van der Waals surface area contributed by atoms with Gasteiger partial charge in [0.25, 0.3) is 0 Å². The molecule has 0 atom stereocenters. The molecule has 0 radical (unpaired) electrons. The highest BCUT2D eigenvalue weighted by molar-refractivity contribution is 7.21. The number of rotatable bonds is 6. The molecule has 0 saturated carbocycles. The second-order valence-electron chi connectivity index (χ2n) is 6.28. The molecule has 4 nitrogen and oxygen atoms in total. The Balaban J connectivity index is 1.32. The zero-order chi connectivity index (χ0) is 19.5. The third-order valence-corrected chi connectivity index (χ3v) is 5.30. The van der Waals surface area contributed by atoms with E-state index in [1.165, 1.54) is 6.07 Å². The van der Waals surface area contributed by atoms with Crippen molar-refractivity contribution in [3.63, 3.8) is 0 Å². The van der Waals surface area contributed by atoms with E-state index in [9.17, 15) is 13.6 Å². The normalized spacial score (nSPS) is 11.1. The van der Waals surface area contributed by atoms with E-state index in [2.05, 4.69) is 10.3 Å². The molecule has 4 rings (SSSR count). The number of nitrogens with one attached hydrogen (secondary N) is 1. The van der Waals surface area contributed by atoms with Crippen LogP contribution < -0.4 is 5.32 Å². The second-order valence-corrected chi connectivity index (χ2v) is 7.31. The van der Waals surface area contributed by atoms with Crippen LogP contribution in [0.2, 0.25) is 0 Å². The van der Waals surface area contributed by atoms with Crippen LogP contribution in [0.25, 0.3) is 21.0 Å². The van der Waals surface area contributed by atoms with E-state index in [0.29, 0.717) is 23.5 Å². The summed E-state index contributed by atoms with van der Waals surface area (Å²) in [6, 6.07) is 15.2. The van der Waals surface area contributed by atoms with Crippen LogP contribution in [0.1, 0.15) is 17.7 Å². The summed E-state index contributed by atoms with van der Waals surface area (Å²) in [7, 11) is 0. The van der Waals surface area contributed by atoms with Crippen molar-refractivity contribution in [3.05, 3.63) is 77.6 Å². The van der Waals surface area contributed by atoms with Crippen LogP contribution in [0.15, 0.2) is 59.0 Å². The lowest BCUT2D eigenvalue weighted by atomic mass is 10.1. The maximum Gasteiger partial charge on any atom is 0.220 e. The second kappa shape index (κ2) is 7.90. The Bertz CT molecular complexity index is 1100. The molecule has 0 unspecified atom stereocenters. The summed E-state index contributed by atoms with van der Waals surface area (Å²) in [4.78, 5) is 16.6. The van der Waals surface area contributed by atoms with Crippen molar-refractivity contribution in [1.82, 2.24) is 10.3 Å². The molecule has 0 aliphatic rings. The number of para-hydroxylation sites is 1. The first-order chi connectivity index (χ1) is 13.6. The van der Waals surface area contributed by atoms with Gasteiger partial charge in [-0.3, -0.25) is 4.79 Å². The van der Waals surface area contributed by atoms with Crippen LogP contribution in [0.4, 0.5) is 8.78 Å². The van der Waals surface area contributed by atoms with Gasteiger partial charge in [-0.2, -0.15) is 0 Å². The van der Waals surface area contributed by atoms with E-state index < -0.39 is 11.6 Å². The molecule has 1 N–H and O–H groups in total. The smallest absolute Gasteiger partial charge is 0.220 e. The standard InChI is InChI=1S/C21H16F2N2O2S/c22-15-8-5-13(11-16(15)23)6-10-20(26)24-12-14-7-9-18(27-14)21-25-17-3-1-2-4-19(17)28-21/h1-5,7-9,11H,6,10,12H2,(H,24,26). The Morgan fingerprint density at radius 1 is 1.07 bits per heavy atom. The fourth-order valence-corrected chi connectivity index (χ4v) is 3.72. The summed E-state index contributed by atoms with van der Waals surface area (Å²) < 4.78 is 33.0. The molecule has 2 aromatic heterocycles. The number of amides is 1. The van der Waals surface area contributed by atoms with Gasteiger partial charge in [0.1, 0.15) is 5.76 Å². The van der Waals surface area contributed by atoms with Gasteiger partial charge in [0.2, 0.25) is 5.91 Å². The van der Waals surface area contributed by atoms with Crippen molar-refractivity contribution >= 4 is 27.5 Å². The maximum absolute atomic E-state index is 13.2. The number of aromatic nitrogens is 1. The van der Waals surface area contributed by atoms with Gasteiger partial charge in [0.15, 0.2) is 22.4 Å². The number of benzene rings is 2. The van der Waals surface area contributed by atoms with Crippen molar-refractivity contribution in [1.29, 1.82) is 0 Å². The molecule has 0 aliphatic heterocycles. The molecule has 7 heteroatoms. The predicted octanol–water partition coefficient (Wildman–Crippen LogP) is 5.08. The highest BCUT2D eigenvalue weighted by Gasteiger charge is 2.11. The fourth-order valence-electron chi connectivity index (χ4n) is 2.79. The summed E-state index contributed by atoms with van der Waals surface area (Å²) in [6.45, 7) is 0.251. The number of furan rings is 1. The molecule has 0 bridgehead atoms. The van der Waals surface area contributed by atoms with E-state index in [0.717, 1.165) is 27.4 Å². The number of hydrogen-bond donors (Lipinski definition) is 1. The van der Waals surface area contributed by atoms with E-state index in [1.807, 2.05) is 30.3 Å². The van der Waals surface area contributed by atoms with Crippen molar-refractivity contribution in [2.75, 3.05) is 0 Å². The van der Waals surface area contributed by atoms with Crippen LogP contribution in [-0.2, 0) is 17.8 Å². The minimum absolute atomic E-state index is 0.177. The molecule has 0 aliphatic carbocycles. The summed E-state index contributed by atoms with van der Waals surface area (Å²) in [5.74, 6) is -0.712. The Labute approximate surface area is 163 Å². The fraction of sp³-hybridized carbons (Fsp3) is 0.143. The van der Waals surface area contributed by atoms with Crippen LogP contribution in [0.3, 0.4) is 0 Å². The molecule has 2 aromatic carbocycles. The van der Waals surface area contributed by atoms with E-state index >= 15 is 0 Å². The zero-order valence-corrected chi connectivity index (χ0v) is 15.6. The SMILES string of the molecule is O=C(CCc1ccc(F)c(F)c1)NCc1ccc(-c2nc3ccccc3s2)o1. The van der Waals surface area contributed by atoms with E-state index in [-0.39, 0.29) is 18.9 Å². The summed E-state index contributed by atoms with van der Waals surface area (Å²) in [5.41, 5.74) is 1.50. The molecule has 28 heavy (non-hydrogen) atoms. The predicted molar refractivity (Wildman–Crippen MR) is 104 cm³/mol. The van der Waals surface area contributed by atoms with Gasteiger partial charge in [-0.15, -0.1) is 11.3 Å². The summed E-state index contributed by atoms with van der Waals surface area (Å²) in [6.07, 6.45) is 0.509.